The third-order valence-electron chi connectivity index (χ3n) is 3.07. The van der Waals surface area contributed by atoms with Gasteiger partial charge in [0.25, 0.3) is 0 Å². The van der Waals surface area contributed by atoms with Crippen molar-refractivity contribution < 1.29 is 4.74 Å². The molecule has 3 nitrogen and oxygen atoms in total. The van der Waals surface area contributed by atoms with Gasteiger partial charge in [-0.25, -0.2) is 0 Å². The highest BCUT2D eigenvalue weighted by atomic mass is 35.5. The molecule has 102 valence electrons. The van der Waals surface area contributed by atoms with Crippen LogP contribution in [0.3, 0.4) is 0 Å². The average molecular weight is 271 g/mol. The van der Waals surface area contributed by atoms with E-state index >= 15 is 0 Å². The first-order valence-electron chi connectivity index (χ1n) is 6.45. The molecule has 0 radical (unpaired) electrons. The first-order valence-corrected chi connectivity index (χ1v) is 6.45. The lowest BCUT2D eigenvalue weighted by Crippen LogP contribution is -2.48. The fourth-order valence-electron chi connectivity index (χ4n) is 2.31. The van der Waals surface area contributed by atoms with Crippen LogP contribution in [-0.4, -0.2) is 37.2 Å². The Bertz CT molecular complexity index is 359. The largest absolute Gasteiger partial charge is 0.494 e. The van der Waals surface area contributed by atoms with Crippen LogP contribution < -0.4 is 10.1 Å². The molecule has 2 rings (SSSR count). The number of benzene rings is 1. The molecule has 0 aliphatic carbocycles. The van der Waals surface area contributed by atoms with Crippen LogP contribution in [0.25, 0.3) is 0 Å². The van der Waals surface area contributed by atoms with Gasteiger partial charge >= 0.3 is 0 Å². The molecule has 1 aromatic rings. The van der Waals surface area contributed by atoms with E-state index in [4.69, 9.17) is 4.74 Å². The van der Waals surface area contributed by atoms with Gasteiger partial charge in [0.05, 0.1) is 6.61 Å². The van der Waals surface area contributed by atoms with Crippen molar-refractivity contribution in [1.82, 2.24) is 10.2 Å². The Hall–Kier alpha value is -0.770. The lowest BCUT2D eigenvalue weighted by molar-refractivity contribution is 0.199. The second-order valence-electron chi connectivity index (χ2n) is 4.67. The highest BCUT2D eigenvalue weighted by Crippen LogP contribution is 2.15. The lowest BCUT2D eigenvalue weighted by Gasteiger charge is -2.31. The van der Waals surface area contributed by atoms with Gasteiger partial charge in [0.1, 0.15) is 5.75 Å². The van der Waals surface area contributed by atoms with Crippen LogP contribution in [0.4, 0.5) is 0 Å². The fraction of sp³-hybridized carbons (Fsp3) is 0.571. The lowest BCUT2D eigenvalue weighted by atomic mass is 10.1. The molecule has 1 aromatic carbocycles. The van der Waals surface area contributed by atoms with Crippen molar-refractivity contribution in [2.75, 3.05) is 26.2 Å². The van der Waals surface area contributed by atoms with Crippen molar-refractivity contribution in [2.24, 2.45) is 0 Å². The molecule has 4 heteroatoms. The average Bonchev–Trinajstić information content (AvgIpc) is 2.30. The molecule has 1 N–H and O–H groups in total. The standard InChI is InChI=1S/C14H22N2O.ClH/c1-3-17-14-6-4-5-13(9-14)11-16-8-7-15-12(2)10-16;/h4-6,9,12,15H,3,7-8,10-11H2,1-2H3;1H/t12-;/m0./s1. The van der Waals surface area contributed by atoms with Crippen molar-refractivity contribution in [3.05, 3.63) is 29.8 Å². The Morgan fingerprint density at radius 2 is 2.28 bits per heavy atom. The van der Waals surface area contributed by atoms with Gasteiger partial charge in [-0.15, -0.1) is 12.4 Å². The van der Waals surface area contributed by atoms with E-state index in [0.717, 1.165) is 38.5 Å². The Morgan fingerprint density at radius 1 is 1.44 bits per heavy atom. The van der Waals surface area contributed by atoms with E-state index in [2.05, 4.69) is 35.3 Å². The van der Waals surface area contributed by atoms with E-state index in [-0.39, 0.29) is 12.4 Å². The van der Waals surface area contributed by atoms with Crippen LogP contribution in [0.2, 0.25) is 0 Å². The summed E-state index contributed by atoms with van der Waals surface area (Å²) < 4.78 is 5.53. The van der Waals surface area contributed by atoms with Gasteiger partial charge in [0, 0.05) is 32.2 Å². The first-order chi connectivity index (χ1) is 8.28. The third kappa shape index (κ3) is 4.48. The topological polar surface area (TPSA) is 24.5 Å². The van der Waals surface area contributed by atoms with E-state index in [0.29, 0.717) is 6.04 Å². The molecule has 0 aromatic heterocycles. The van der Waals surface area contributed by atoms with Gasteiger partial charge in [-0.1, -0.05) is 12.1 Å². The van der Waals surface area contributed by atoms with E-state index in [1.807, 2.05) is 13.0 Å². The number of halogens is 1. The van der Waals surface area contributed by atoms with E-state index < -0.39 is 0 Å². The van der Waals surface area contributed by atoms with E-state index in [9.17, 15) is 0 Å². The van der Waals surface area contributed by atoms with Crippen molar-refractivity contribution in [3.8, 4) is 5.75 Å². The number of hydrogen-bond donors (Lipinski definition) is 1. The van der Waals surface area contributed by atoms with Gasteiger partial charge in [0.2, 0.25) is 0 Å². The molecular formula is C14H23ClN2O. The van der Waals surface area contributed by atoms with Crippen LogP contribution in [0.5, 0.6) is 5.75 Å². The maximum Gasteiger partial charge on any atom is 0.119 e. The summed E-state index contributed by atoms with van der Waals surface area (Å²) in [5.74, 6) is 0.980. The summed E-state index contributed by atoms with van der Waals surface area (Å²) in [4.78, 5) is 2.49. The Kier molecular flexibility index (Phi) is 6.47. The molecule has 0 amide bonds. The van der Waals surface area contributed by atoms with Crippen LogP contribution in [0, 0.1) is 0 Å². The number of piperazine rings is 1. The van der Waals surface area contributed by atoms with Crippen molar-refractivity contribution in [2.45, 2.75) is 26.4 Å². The van der Waals surface area contributed by atoms with Gasteiger partial charge in [-0.05, 0) is 31.5 Å². The zero-order valence-electron chi connectivity index (χ0n) is 11.2. The summed E-state index contributed by atoms with van der Waals surface area (Å²) in [5, 5.41) is 3.46. The first kappa shape index (κ1) is 15.3. The zero-order chi connectivity index (χ0) is 12.1. The Labute approximate surface area is 116 Å². The van der Waals surface area contributed by atoms with Gasteiger partial charge in [-0.3, -0.25) is 4.90 Å². The highest BCUT2D eigenvalue weighted by Gasteiger charge is 2.15. The molecule has 1 atom stereocenters. The molecule has 18 heavy (non-hydrogen) atoms. The van der Waals surface area contributed by atoms with E-state index in [1.54, 1.807) is 0 Å². The predicted octanol–water partition coefficient (Wildman–Crippen LogP) is 2.30. The number of hydrogen-bond acceptors (Lipinski definition) is 3. The second-order valence-corrected chi connectivity index (χ2v) is 4.67. The molecule has 0 unspecified atom stereocenters. The monoisotopic (exact) mass is 270 g/mol. The number of nitrogens with zero attached hydrogens (tertiary/aromatic N) is 1. The summed E-state index contributed by atoms with van der Waals surface area (Å²) >= 11 is 0. The molecule has 1 fully saturated rings. The quantitative estimate of drug-likeness (QED) is 0.909. The molecule has 0 spiro atoms. The SMILES string of the molecule is CCOc1cccc(CN2CCN[C@@H](C)C2)c1.Cl. The molecule has 1 aliphatic rings. The smallest absolute Gasteiger partial charge is 0.119 e. The fourth-order valence-corrected chi connectivity index (χ4v) is 2.31. The number of nitrogens with one attached hydrogen (secondary N) is 1. The molecule has 1 heterocycles. The number of ether oxygens (including phenoxy) is 1. The second kappa shape index (κ2) is 7.62. The summed E-state index contributed by atoms with van der Waals surface area (Å²) in [6.45, 7) is 9.35. The summed E-state index contributed by atoms with van der Waals surface area (Å²) in [5.41, 5.74) is 1.34. The predicted molar refractivity (Wildman–Crippen MR) is 77.6 cm³/mol. The molecule has 1 aliphatic heterocycles. The molecular weight excluding hydrogens is 248 g/mol. The normalized spacial score (nSPS) is 20.2. The van der Waals surface area contributed by atoms with Crippen LogP contribution >= 0.6 is 12.4 Å². The van der Waals surface area contributed by atoms with Crippen LogP contribution in [-0.2, 0) is 6.54 Å². The van der Waals surface area contributed by atoms with Gasteiger partial charge in [0.15, 0.2) is 0 Å². The maximum atomic E-state index is 5.53. The molecule has 1 saturated heterocycles. The number of rotatable bonds is 4. The summed E-state index contributed by atoms with van der Waals surface area (Å²) in [6, 6.07) is 9.02. The van der Waals surface area contributed by atoms with Crippen molar-refractivity contribution >= 4 is 12.4 Å². The molecule has 0 saturated carbocycles. The summed E-state index contributed by atoms with van der Waals surface area (Å²) in [7, 11) is 0. The van der Waals surface area contributed by atoms with Crippen LogP contribution in [0.1, 0.15) is 19.4 Å². The Morgan fingerprint density at radius 3 is 3.00 bits per heavy atom. The molecule has 0 bridgehead atoms. The minimum atomic E-state index is 0. The Balaban J connectivity index is 0.00000162. The van der Waals surface area contributed by atoms with Gasteiger partial charge < -0.3 is 10.1 Å². The minimum Gasteiger partial charge on any atom is -0.494 e. The van der Waals surface area contributed by atoms with Crippen LogP contribution in [0.15, 0.2) is 24.3 Å². The van der Waals surface area contributed by atoms with E-state index in [1.165, 1.54) is 5.56 Å². The highest BCUT2D eigenvalue weighted by molar-refractivity contribution is 5.85. The van der Waals surface area contributed by atoms with Gasteiger partial charge in [-0.2, -0.15) is 0 Å². The minimum absolute atomic E-state index is 0. The van der Waals surface area contributed by atoms with Crippen molar-refractivity contribution in [3.63, 3.8) is 0 Å². The zero-order valence-corrected chi connectivity index (χ0v) is 12.0. The van der Waals surface area contributed by atoms with Crippen molar-refractivity contribution in [1.29, 1.82) is 0 Å². The maximum absolute atomic E-state index is 5.53. The third-order valence-corrected chi connectivity index (χ3v) is 3.07. The summed E-state index contributed by atoms with van der Waals surface area (Å²) in [6.07, 6.45) is 0.